The number of nitrogens with two attached hydrogens (primary N) is 1. The first kappa shape index (κ1) is 15.4. The van der Waals surface area contributed by atoms with Gasteiger partial charge in [0.15, 0.2) is 0 Å². The second-order valence-corrected chi connectivity index (χ2v) is 7.49. The zero-order valence-corrected chi connectivity index (χ0v) is 12.7. The molecule has 0 spiro atoms. The maximum Gasteiger partial charge on any atom is 0.214 e. The third-order valence-corrected chi connectivity index (χ3v) is 5.91. The van der Waals surface area contributed by atoms with Crippen molar-refractivity contribution in [1.82, 2.24) is 9.29 Å². The molecule has 1 fully saturated rings. The summed E-state index contributed by atoms with van der Waals surface area (Å²) >= 11 is 0. The maximum absolute atomic E-state index is 12.4. The van der Waals surface area contributed by atoms with Gasteiger partial charge in [0.2, 0.25) is 10.0 Å². The van der Waals surface area contributed by atoms with Gasteiger partial charge in [-0.1, -0.05) is 13.3 Å². The molecular weight excluding hydrogens is 274 g/mol. The van der Waals surface area contributed by atoms with Gasteiger partial charge in [-0.3, -0.25) is 4.98 Å². The van der Waals surface area contributed by atoms with Crippen molar-refractivity contribution in [3.8, 4) is 0 Å². The average Bonchev–Trinajstić information content (AvgIpc) is 2.46. The molecule has 2 unspecified atom stereocenters. The van der Waals surface area contributed by atoms with Crippen LogP contribution in [0.3, 0.4) is 0 Å². The van der Waals surface area contributed by atoms with Crippen molar-refractivity contribution in [3.05, 3.63) is 30.1 Å². The Balaban J connectivity index is 1.96. The van der Waals surface area contributed by atoms with E-state index >= 15 is 0 Å². The summed E-state index contributed by atoms with van der Waals surface area (Å²) < 4.78 is 26.4. The summed E-state index contributed by atoms with van der Waals surface area (Å²) in [7, 11) is -3.19. The van der Waals surface area contributed by atoms with E-state index in [4.69, 9.17) is 5.73 Å². The quantitative estimate of drug-likeness (QED) is 0.880. The second-order valence-electron chi connectivity index (χ2n) is 5.40. The zero-order chi connectivity index (χ0) is 14.6. The fourth-order valence-electron chi connectivity index (χ4n) is 2.63. The van der Waals surface area contributed by atoms with Crippen molar-refractivity contribution in [2.75, 3.05) is 18.8 Å². The molecule has 0 amide bonds. The van der Waals surface area contributed by atoms with E-state index in [-0.39, 0.29) is 17.7 Å². The van der Waals surface area contributed by atoms with E-state index in [1.54, 1.807) is 16.7 Å². The molecule has 1 aromatic heterocycles. The van der Waals surface area contributed by atoms with Gasteiger partial charge < -0.3 is 5.73 Å². The minimum Gasteiger partial charge on any atom is -0.327 e. The van der Waals surface area contributed by atoms with Gasteiger partial charge in [-0.15, -0.1) is 0 Å². The largest absolute Gasteiger partial charge is 0.327 e. The van der Waals surface area contributed by atoms with Crippen molar-refractivity contribution in [2.45, 2.75) is 32.2 Å². The van der Waals surface area contributed by atoms with E-state index in [0.29, 0.717) is 19.5 Å². The van der Waals surface area contributed by atoms with Crippen molar-refractivity contribution in [1.29, 1.82) is 0 Å². The lowest BCUT2D eigenvalue weighted by molar-refractivity contribution is 0.230. The molecule has 6 heteroatoms. The first-order valence-corrected chi connectivity index (χ1v) is 8.76. The highest BCUT2D eigenvalue weighted by molar-refractivity contribution is 7.89. The monoisotopic (exact) mass is 297 g/mol. The Hall–Kier alpha value is -0.980. The summed E-state index contributed by atoms with van der Waals surface area (Å²) in [5, 5.41) is 0. The summed E-state index contributed by atoms with van der Waals surface area (Å²) in [6.45, 7) is 3.18. The van der Waals surface area contributed by atoms with E-state index in [9.17, 15) is 8.42 Å². The smallest absolute Gasteiger partial charge is 0.214 e. The van der Waals surface area contributed by atoms with Crippen molar-refractivity contribution < 1.29 is 8.42 Å². The fourth-order valence-corrected chi connectivity index (χ4v) is 4.18. The molecule has 2 N–H and O–H groups in total. The molecule has 0 saturated carbocycles. The molecule has 0 bridgehead atoms. The molecule has 2 atom stereocenters. The molecule has 0 radical (unpaired) electrons. The van der Waals surface area contributed by atoms with Gasteiger partial charge in [-0.25, -0.2) is 12.7 Å². The molecule has 1 saturated heterocycles. The zero-order valence-electron chi connectivity index (χ0n) is 11.9. The minimum absolute atomic E-state index is 0.131. The molecule has 2 heterocycles. The number of aryl methyl sites for hydroxylation is 1. The van der Waals surface area contributed by atoms with Crippen molar-refractivity contribution in [2.24, 2.45) is 11.7 Å². The minimum atomic E-state index is -3.19. The molecule has 1 aromatic rings. The van der Waals surface area contributed by atoms with Gasteiger partial charge in [0.25, 0.3) is 0 Å². The van der Waals surface area contributed by atoms with Crippen LogP contribution in [-0.4, -0.2) is 42.6 Å². The van der Waals surface area contributed by atoms with Gasteiger partial charge in [0.1, 0.15) is 0 Å². The topological polar surface area (TPSA) is 76.3 Å². The molecule has 20 heavy (non-hydrogen) atoms. The molecular formula is C14H23N3O2S. The Morgan fingerprint density at radius 3 is 2.75 bits per heavy atom. The number of piperidine rings is 1. The van der Waals surface area contributed by atoms with E-state index in [1.807, 2.05) is 12.1 Å². The van der Waals surface area contributed by atoms with Crippen LogP contribution in [0.2, 0.25) is 0 Å². The van der Waals surface area contributed by atoms with E-state index < -0.39 is 10.0 Å². The third-order valence-electron chi connectivity index (χ3n) is 4.07. The number of sulfonamides is 1. The Morgan fingerprint density at radius 1 is 1.40 bits per heavy atom. The average molecular weight is 297 g/mol. The van der Waals surface area contributed by atoms with Gasteiger partial charge in [-0.2, -0.15) is 0 Å². The number of hydrogen-bond donors (Lipinski definition) is 1. The van der Waals surface area contributed by atoms with Crippen LogP contribution in [0.25, 0.3) is 0 Å². The summed E-state index contributed by atoms with van der Waals surface area (Å²) in [5.41, 5.74) is 7.04. The Kier molecular flexibility index (Phi) is 5.12. The lowest BCUT2D eigenvalue weighted by atomic mass is 9.92. The molecule has 112 valence electrons. The van der Waals surface area contributed by atoms with E-state index in [2.05, 4.69) is 11.9 Å². The van der Waals surface area contributed by atoms with Crippen LogP contribution in [-0.2, 0) is 16.4 Å². The summed E-state index contributed by atoms with van der Waals surface area (Å²) in [6.07, 6.45) is 5.60. The molecule has 1 aliphatic rings. The molecule has 2 rings (SSSR count). The number of hydrogen-bond acceptors (Lipinski definition) is 4. The molecule has 5 nitrogen and oxygen atoms in total. The lowest BCUT2D eigenvalue weighted by Crippen LogP contribution is -2.49. The van der Waals surface area contributed by atoms with Crippen molar-refractivity contribution >= 4 is 10.0 Å². The van der Waals surface area contributed by atoms with Crippen LogP contribution < -0.4 is 5.73 Å². The van der Waals surface area contributed by atoms with Gasteiger partial charge in [0, 0.05) is 31.5 Å². The second kappa shape index (κ2) is 6.65. The predicted molar refractivity (Wildman–Crippen MR) is 79.7 cm³/mol. The number of aromatic nitrogens is 1. The number of pyridine rings is 1. The van der Waals surface area contributed by atoms with Crippen LogP contribution in [0.1, 0.15) is 25.3 Å². The molecule has 0 aliphatic carbocycles. The van der Waals surface area contributed by atoms with Crippen LogP contribution in [0, 0.1) is 5.92 Å². The summed E-state index contributed by atoms with van der Waals surface area (Å²) in [5.74, 6) is 0.433. The highest BCUT2D eigenvalue weighted by Crippen LogP contribution is 2.21. The van der Waals surface area contributed by atoms with Crippen molar-refractivity contribution in [3.63, 3.8) is 0 Å². The van der Waals surface area contributed by atoms with Crippen LogP contribution in [0.5, 0.6) is 0 Å². The van der Waals surface area contributed by atoms with Crippen LogP contribution in [0.15, 0.2) is 24.5 Å². The SMILES string of the molecule is CCC1CN(S(=O)(=O)CCc2ccncc2)CCC1N. The van der Waals surface area contributed by atoms with Crippen LogP contribution in [0.4, 0.5) is 0 Å². The normalized spacial score (nSPS) is 24.7. The highest BCUT2D eigenvalue weighted by Gasteiger charge is 2.31. The molecule has 1 aliphatic heterocycles. The fraction of sp³-hybridized carbons (Fsp3) is 0.643. The first-order valence-electron chi connectivity index (χ1n) is 7.15. The van der Waals surface area contributed by atoms with Gasteiger partial charge in [-0.05, 0) is 36.5 Å². The number of nitrogens with zero attached hydrogens (tertiary/aromatic N) is 2. The van der Waals surface area contributed by atoms with E-state index in [0.717, 1.165) is 18.4 Å². The Morgan fingerprint density at radius 2 is 2.10 bits per heavy atom. The Bertz CT molecular complexity index is 518. The standard InChI is InChI=1S/C14H23N3O2S/c1-2-13-11-17(9-5-14(13)15)20(18,19)10-6-12-3-7-16-8-4-12/h3-4,7-8,13-14H,2,5-6,9-11,15H2,1H3. The predicted octanol–water partition coefficient (Wildman–Crippen LogP) is 1.01. The molecule has 0 aromatic carbocycles. The number of rotatable bonds is 5. The highest BCUT2D eigenvalue weighted by atomic mass is 32.2. The maximum atomic E-state index is 12.4. The van der Waals surface area contributed by atoms with Gasteiger partial charge >= 0.3 is 0 Å². The van der Waals surface area contributed by atoms with Crippen LogP contribution >= 0.6 is 0 Å². The first-order chi connectivity index (χ1) is 9.53. The van der Waals surface area contributed by atoms with Gasteiger partial charge in [0.05, 0.1) is 5.75 Å². The lowest BCUT2D eigenvalue weighted by Gasteiger charge is -2.35. The Labute approximate surface area is 121 Å². The summed E-state index contributed by atoms with van der Waals surface area (Å²) in [4.78, 5) is 3.94. The summed E-state index contributed by atoms with van der Waals surface area (Å²) in [6, 6.07) is 3.85. The van der Waals surface area contributed by atoms with E-state index in [1.165, 1.54) is 0 Å². The third kappa shape index (κ3) is 3.77.